The summed E-state index contributed by atoms with van der Waals surface area (Å²) in [6, 6.07) is 8.16. The highest BCUT2D eigenvalue weighted by atomic mass is 32.2. The van der Waals surface area contributed by atoms with Crippen LogP contribution in [0, 0.1) is 0 Å². The van der Waals surface area contributed by atoms with Crippen molar-refractivity contribution in [2.24, 2.45) is 5.73 Å². The number of thioether (sulfide) groups is 1. The smallest absolute Gasteiger partial charge is 0.208 e. The van der Waals surface area contributed by atoms with E-state index in [9.17, 15) is 0 Å². The van der Waals surface area contributed by atoms with Crippen LogP contribution in [0.1, 0.15) is 5.89 Å². The van der Waals surface area contributed by atoms with Crippen LogP contribution in [0.2, 0.25) is 0 Å². The number of benzene rings is 1. The molecule has 1 aromatic carbocycles. The van der Waals surface area contributed by atoms with Crippen LogP contribution in [0.5, 0.6) is 0 Å². The average Bonchev–Trinajstić information content (AvgIpc) is 2.78. The Labute approximate surface area is 92.7 Å². The topological polar surface area (TPSA) is 52.0 Å². The minimum Gasteiger partial charge on any atom is -0.439 e. The minimum atomic E-state index is 0.336. The minimum absolute atomic E-state index is 0.336. The van der Waals surface area contributed by atoms with Crippen molar-refractivity contribution in [1.82, 2.24) is 4.98 Å². The predicted molar refractivity (Wildman–Crippen MR) is 61.6 cm³/mol. The molecule has 2 N–H and O–H groups in total. The van der Waals surface area contributed by atoms with Gasteiger partial charge in [0.1, 0.15) is 0 Å². The fourth-order valence-electron chi connectivity index (χ4n) is 1.29. The second-order valence-electron chi connectivity index (χ2n) is 3.05. The highest BCUT2D eigenvalue weighted by Crippen LogP contribution is 2.23. The van der Waals surface area contributed by atoms with Gasteiger partial charge in [-0.2, -0.15) is 0 Å². The summed E-state index contributed by atoms with van der Waals surface area (Å²) >= 11 is 1.72. The lowest BCUT2D eigenvalue weighted by molar-refractivity contribution is 0.509. The van der Waals surface area contributed by atoms with Crippen molar-refractivity contribution in [2.45, 2.75) is 11.4 Å². The normalized spacial score (nSPS) is 10.5. The molecule has 0 atom stereocenters. The van der Waals surface area contributed by atoms with E-state index in [1.807, 2.05) is 12.1 Å². The van der Waals surface area contributed by atoms with Crippen LogP contribution in [-0.4, -0.2) is 11.2 Å². The SMILES string of the molecule is CSc1ccc(-c2cnc(CN)o2)cc1. The molecule has 0 aliphatic rings. The average molecular weight is 220 g/mol. The summed E-state index contributed by atoms with van der Waals surface area (Å²) < 4.78 is 5.45. The molecular formula is C11H12N2OS. The standard InChI is InChI=1S/C11H12N2OS/c1-15-9-4-2-8(3-5-9)10-7-13-11(6-12)14-10/h2-5,7H,6,12H2,1H3. The van der Waals surface area contributed by atoms with Crippen LogP contribution in [0.15, 0.2) is 39.8 Å². The molecule has 0 aliphatic heterocycles. The Morgan fingerprint density at radius 1 is 1.33 bits per heavy atom. The van der Waals surface area contributed by atoms with Crippen molar-refractivity contribution in [3.8, 4) is 11.3 Å². The van der Waals surface area contributed by atoms with Crippen molar-refractivity contribution in [2.75, 3.05) is 6.26 Å². The summed E-state index contributed by atoms with van der Waals surface area (Å²) in [4.78, 5) is 5.29. The molecule has 78 valence electrons. The van der Waals surface area contributed by atoms with Crippen molar-refractivity contribution in [1.29, 1.82) is 0 Å². The lowest BCUT2D eigenvalue weighted by Crippen LogP contribution is -1.94. The van der Waals surface area contributed by atoms with Gasteiger partial charge in [-0.1, -0.05) is 12.1 Å². The molecule has 0 radical (unpaired) electrons. The van der Waals surface area contributed by atoms with Gasteiger partial charge in [0.2, 0.25) is 5.89 Å². The maximum absolute atomic E-state index is 5.45. The van der Waals surface area contributed by atoms with E-state index in [1.165, 1.54) is 4.90 Å². The van der Waals surface area contributed by atoms with E-state index >= 15 is 0 Å². The molecule has 0 saturated heterocycles. The third-order valence-corrected chi connectivity index (χ3v) is 2.85. The van der Waals surface area contributed by atoms with Gasteiger partial charge in [-0.25, -0.2) is 4.98 Å². The van der Waals surface area contributed by atoms with Crippen LogP contribution in [-0.2, 0) is 6.54 Å². The summed E-state index contributed by atoms with van der Waals surface area (Å²) in [6.45, 7) is 0.336. The zero-order chi connectivity index (χ0) is 10.7. The first-order chi connectivity index (χ1) is 7.33. The van der Waals surface area contributed by atoms with Gasteiger partial charge in [0.25, 0.3) is 0 Å². The van der Waals surface area contributed by atoms with Crippen LogP contribution in [0.4, 0.5) is 0 Å². The Morgan fingerprint density at radius 3 is 2.60 bits per heavy atom. The predicted octanol–water partition coefficient (Wildman–Crippen LogP) is 2.52. The summed E-state index contributed by atoms with van der Waals surface area (Å²) in [7, 11) is 0. The van der Waals surface area contributed by atoms with E-state index in [4.69, 9.17) is 10.2 Å². The molecular weight excluding hydrogens is 208 g/mol. The van der Waals surface area contributed by atoms with Crippen molar-refractivity contribution in [3.63, 3.8) is 0 Å². The molecule has 1 aromatic heterocycles. The Morgan fingerprint density at radius 2 is 2.07 bits per heavy atom. The van der Waals surface area contributed by atoms with Gasteiger partial charge in [-0.3, -0.25) is 0 Å². The van der Waals surface area contributed by atoms with E-state index in [-0.39, 0.29) is 0 Å². The molecule has 0 unspecified atom stereocenters. The zero-order valence-corrected chi connectivity index (χ0v) is 9.25. The molecule has 1 heterocycles. The molecule has 4 heteroatoms. The first-order valence-electron chi connectivity index (χ1n) is 4.62. The maximum Gasteiger partial charge on any atom is 0.208 e. The van der Waals surface area contributed by atoms with Crippen LogP contribution in [0.25, 0.3) is 11.3 Å². The highest BCUT2D eigenvalue weighted by molar-refractivity contribution is 7.98. The number of hydrogen-bond donors (Lipinski definition) is 1. The third-order valence-electron chi connectivity index (χ3n) is 2.10. The summed E-state index contributed by atoms with van der Waals surface area (Å²) in [6.07, 6.45) is 3.76. The van der Waals surface area contributed by atoms with Crippen molar-refractivity contribution in [3.05, 3.63) is 36.4 Å². The zero-order valence-electron chi connectivity index (χ0n) is 8.43. The maximum atomic E-state index is 5.45. The first kappa shape index (κ1) is 10.3. The van der Waals surface area contributed by atoms with Gasteiger partial charge in [-0.15, -0.1) is 11.8 Å². The number of nitrogens with two attached hydrogens (primary N) is 1. The van der Waals surface area contributed by atoms with Gasteiger partial charge in [0, 0.05) is 10.5 Å². The summed E-state index contributed by atoms with van der Waals surface area (Å²) in [5.41, 5.74) is 6.46. The van der Waals surface area contributed by atoms with Gasteiger partial charge in [-0.05, 0) is 18.4 Å². The molecule has 0 saturated carbocycles. The Hall–Kier alpha value is -1.26. The molecule has 15 heavy (non-hydrogen) atoms. The Kier molecular flexibility index (Phi) is 3.08. The number of hydrogen-bond acceptors (Lipinski definition) is 4. The largest absolute Gasteiger partial charge is 0.439 e. The van der Waals surface area contributed by atoms with E-state index < -0.39 is 0 Å². The highest BCUT2D eigenvalue weighted by Gasteiger charge is 2.04. The molecule has 2 rings (SSSR count). The monoisotopic (exact) mass is 220 g/mol. The summed E-state index contributed by atoms with van der Waals surface area (Å²) in [5, 5.41) is 0. The van der Waals surface area contributed by atoms with Gasteiger partial charge < -0.3 is 10.2 Å². The number of nitrogens with zero attached hydrogens (tertiary/aromatic N) is 1. The number of aromatic nitrogens is 1. The Bertz CT molecular complexity index is 436. The Balaban J connectivity index is 2.28. The fourth-order valence-corrected chi connectivity index (χ4v) is 1.70. The molecule has 0 aliphatic carbocycles. The molecule has 0 bridgehead atoms. The van der Waals surface area contributed by atoms with Crippen LogP contribution in [0.3, 0.4) is 0 Å². The van der Waals surface area contributed by atoms with E-state index in [2.05, 4.69) is 23.4 Å². The molecule has 3 nitrogen and oxygen atoms in total. The number of rotatable bonds is 3. The molecule has 2 aromatic rings. The molecule has 0 amide bonds. The van der Waals surface area contributed by atoms with E-state index in [0.29, 0.717) is 12.4 Å². The second kappa shape index (κ2) is 4.51. The van der Waals surface area contributed by atoms with Crippen LogP contribution >= 0.6 is 11.8 Å². The van der Waals surface area contributed by atoms with Crippen LogP contribution < -0.4 is 5.73 Å². The lowest BCUT2D eigenvalue weighted by Gasteiger charge is -1.98. The van der Waals surface area contributed by atoms with E-state index in [0.717, 1.165) is 11.3 Å². The second-order valence-corrected chi connectivity index (χ2v) is 3.93. The summed E-state index contributed by atoms with van der Waals surface area (Å²) in [5.74, 6) is 1.34. The van der Waals surface area contributed by atoms with Gasteiger partial charge >= 0.3 is 0 Å². The van der Waals surface area contributed by atoms with E-state index in [1.54, 1.807) is 18.0 Å². The third kappa shape index (κ3) is 2.22. The van der Waals surface area contributed by atoms with Gasteiger partial charge in [0.15, 0.2) is 5.76 Å². The molecule has 0 spiro atoms. The van der Waals surface area contributed by atoms with Gasteiger partial charge in [0.05, 0.1) is 12.7 Å². The van der Waals surface area contributed by atoms with Crippen molar-refractivity contribution >= 4 is 11.8 Å². The van der Waals surface area contributed by atoms with Crippen molar-refractivity contribution < 1.29 is 4.42 Å². The first-order valence-corrected chi connectivity index (χ1v) is 5.85. The fraction of sp³-hybridized carbons (Fsp3) is 0.182. The quantitative estimate of drug-likeness (QED) is 0.807. The molecule has 0 fully saturated rings. The lowest BCUT2D eigenvalue weighted by atomic mass is 10.2. The number of oxazole rings is 1.